The fraction of sp³-hybridized carbons (Fsp3) is 0.154. The van der Waals surface area contributed by atoms with Crippen molar-refractivity contribution in [3.63, 3.8) is 0 Å². The zero-order valence-electron chi connectivity index (χ0n) is 10.5. The van der Waals surface area contributed by atoms with Gasteiger partial charge in [0.05, 0.1) is 17.8 Å². The van der Waals surface area contributed by atoms with Crippen LogP contribution in [0.25, 0.3) is 0 Å². The Balaban J connectivity index is 2.30. The third-order valence-electron chi connectivity index (χ3n) is 2.70. The molecular formula is C13H11BrN4O2. The lowest BCUT2D eigenvalue weighted by atomic mass is 10.1. The van der Waals surface area contributed by atoms with Crippen LogP contribution >= 0.6 is 15.9 Å². The van der Waals surface area contributed by atoms with Gasteiger partial charge in [0, 0.05) is 29.0 Å². The molecule has 0 saturated carbocycles. The summed E-state index contributed by atoms with van der Waals surface area (Å²) in [7, 11) is 1.72. The Morgan fingerprint density at radius 3 is 2.85 bits per heavy atom. The van der Waals surface area contributed by atoms with Crippen molar-refractivity contribution in [2.75, 3.05) is 5.32 Å². The van der Waals surface area contributed by atoms with E-state index in [-0.39, 0.29) is 0 Å². The van der Waals surface area contributed by atoms with Crippen molar-refractivity contribution in [2.24, 2.45) is 7.05 Å². The average Bonchev–Trinajstić information content (AvgIpc) is 2.83. The Kier molecular flexibility index (Phi) is 4.05. The van der Waals surface area contributed by atoms with E-state index in [0.29, 0.717) is 21.3 Å². The van der Waals surface area contributed by atoms with Gasteiger partial charge in [-0.1, -0.05) is 0 Å². The fourth-order valence-corrected chi connectivity index (χ4v) is 2.23. The molecule has 0 saturated heterocycles. The molecule has 2 N–H and O–H groups in total. The molecule has 0 aliphatic heterocycles. The summed E-state index contributed by atoms with van der Waals surface area (Å²) in [5.74, 6) is -1.01. The van der Waals surface area contributed by atoms with E-state index in [0.717, 1.165) is 0 Å². The highest BCUT2D eigenvalue weighted by Gasteiger charge is 2.22. The number of benzene rings is 1. The van der Waals surface area contributed by atoms with E-state index in [2.05, 4.69) is 26.3 Å². The van der Waals surface area contributed by atoms with Gasteiger partial charge in [0.2, 0.25) is 0 Å². The molecule has 20 heavy (non-hydrogen) atoms. The molecule has 2 rings (SSSR count). The van der Waals surface area contributed by atoms with Crippen LogP contribution in [0.1, 0.15) is 17.2 Å². The van der Waals surface area contributed by atoms with Crippen molar-refractivity contribution in [1.82, 2.24) is 9.78 Å². The van der Waals surface area contributed by atoms with Gasteiger partial charge in [0.15, 0.2) is 6.04 Å². The third-order valence-corrected chi connectivity index (χ3v) is 3.36. The molecule has 1 heterocycles. The maximum atomic E-state index is 11.4. The van der Waals surface area contributed by atoms with E-state index in [1.807, 2.05) is 6.07 Å². The maximum Gasteiger partial charge on any atom is 0.330 e. The zero-order chi connectivity index (χ0) is 14.7. The largest absolute Gasteiger partial charge is 0.479 e. The van der Waals surface area contributed by atoms with Crippen LogP contribution in [0.15, 0.2) is 35.1 Å². The van der Waals surface area contributed by atoms with Crippen molar-refractivity contribution in [3.8, 4) is 6.07 Å². The summed E-state index contributed by atoms with van der Waals surface area (Å²) in [6, 6.07) is 6.02. The van der Waals surface area contributed by atoms with Crippen molar-refractivity contribution in [1.29, 1.82) is 5.26 Å². The first-order valence-electron chi connectivity index (χ1n) is 5.69. The lowest BCUT2D eigenvalue weighted by Gasteiger charge is -2.15. The molecule has 102 valence electrons. The second-order valence-electron chi connectivity index (χ2n) is 4.17. The molecular weight excluding hydrogens is 324 g/mol. The highest BCUT2D eigenvalue weighted by molar-refractivity contribution is 9.10. The van der Waals surface area contributed by atoms with Crippen LogP contribution in [0.3, 0.4) is 0 Å². The number of carbonyl (C=O) groups is 1. The van der Waals surface area contributed by atoms with Crippen LogP contribution in [0, 0.1) is 11.3 Å². The molecule has 1 atom stereocenters. The van der Waals surface area contributed by atoms with Gasteiger partial charge < -0.3 is 10.4 Å². The Morgan fingerprint density at radius 1 is 1.60 bits per heavy atom. The number of carboxylic acids is 1. The van der Waals surface area contributed by atoms with E-state index < -0.39 is 12.0 Å². The molecule has 1 unspecified atom stereocenters. The number of carboxylic acid groups (broad SMARTS) is 1. The van der Waals surface area contributed by atoms with Gasteiger partial charge in [-0.25, -0.2) is 4.79 Å². The predicted octanol–water partition coefficient (Wildman–Crippen LogP) is 2.29. The average molecular weight is 335 g/mol. The quantitative estimate of drug-likeness (QED) is 0.895. The molecule has 0 aliphatic carbocycles. The molecule has 1 aromatic heterocycles. The molecule has 0 aliphatic rings. The first-order chi connectivity index (χ1) is 9.51. The van der Waals surface area contributed by atoms with Gasteiger partial charge in [-0.15, -0.1) is 0 Å². The van der Waals surface area contributed by atoms with Gasteiger partial charge in [-0.05, 0) is 34.1 Å². The van der Waals surface area contributed by atoms with Crippen LogP contribution in [0.4, 0.5) is 5.69 Å². The van der Waals surface area contributed by atoms with Crippen molar-refractivity contribution >= 4 is 27.6 Å². The Morgan fingerprint density at radius 2 is 2.35 bits per heavy atom. The molecule has 2 aromatic rings. The topological polar surface area (TPSA) is 90.9 Å². The van der Waals surface area contributed by atoms with Gasteiger partial charge >= 0.3 is 5.97 Å². The van der Waals surface area contributed by atoms with Gasteiger partial charge in [-0.3, -0.25) is 4.68 Å². The summed E-state index contributed by atoms with van der Waals surface area (Å²) >= 11 is 3.32. The van der Waals surface area contributed by atoms with Crippen molar-refractivity contribution < 1.29 is 9.90 Å². The van der Waals surface area contributed by atoms with E-state index in [4.69, 9.17) is 5.26 Å². The summed E-state index contributed by atoms with van der Waals surface area (Å²) < 4.78 is 2.17. The highest BCUT2D eigenvalue weighted by Crippen LogP contribution is 2.27. The first-order valence-corrected chi connectivity index (χ1v) is 6.48. The molecule has 0 spiro atoms. The third kappa shape index (κ3) is 2.97. The fourth-order valence-electron chi connectivity index (χ4n) is 1.73. The lowest BCUT2D eigenvalue weighted by Crippen LogP contribution is -2.20. The van der Waals surface area contributed by atoms with E-state index in [9.17, 15) is 9.90 Å². The Hall–Kier alpha value is -2.33. The number of anilines is 1. The summed E-state index contributed by atoms with van der Waals surface area (Å²) in [5.41, 5.74) is 1.65. The SMILES string of the molecule is Cn1cc(C(Nc2ccc(C#N)cc2Br)C(=O)O)cn1. The van der Waals surface area contributed by atoms with Crippen molar-refractivity contribution in [3.05, 3.63) is 46.2 Å². The Labute approximate surface area is 123 Å². The summed E-state index contributed by atoms with van der Waals surface area (Å²) in [6.07, 6.45) is 3.15. The van der Waals surface area contributed by atoms with Crippen LogP contribution in [-0.4, -0.2) is 20.9 Å². The normalized spacial score (nSPS) is 11.7. The molecule has 0 fully saturated rings. The molecule has 0 bridgehead atoms. The lowest BCUT2D eigenvalue weighted by molar-refractivity contribution is -0.138. The van der Waals surface area contributed by atoms with Crippen LogP contribution in [-0.2, 0) is 11.8 Å². The molecule has 0 amide bonds. The number of aryl methyl sites for hydroxylation is 1. The highest BCUT2D eigenvalue weighted by atomic mass is 79.9. The van der Waals surface area contributed by atoms with Gasteiger partial charge in [0.1, 0.15) is 0 Å². The summed E-state index contributed by atoms with van der Waals surface area (Å²) in [6.45, 7) is 0. The second kappa shape index (κ2) is 5.75. The Bertz CT molecular complexity index is 690. The number of aromatic nitrogens is 2. The van der Waals surface area contributed by atoms with Crippen LogP contribution in [0.2, 0.25) is 0 Å². The van der Waals surface area contributed by atoms with E-state index >= 15 is 0 Å². The minimum Gasteiger partial charge on any atom is -0.479 e. The second-order valence-corrected chi connectivity index (χ2v) is 5.02. The maximum absolute atomic E-state index is 11.4. The number of nitrogens with zero attached hydrogens (tertiary/aromatic N) is 3. The summed E-state index contributed by atoms with van der Waals surface area (Å²) in [4.78, 5) is 11.4. The van der Waals surface area contributed by atoms with Crippen molar-refractivity contribution in [2.45, 2.75) is 6.04 Å². The zero-order valence-corrected chi connectivity index (χ0v) is 12.1. The molecule has 7 heteroatoms. The molecule has 1 aromatic carbocycles. The number of nitrogens with one attached hydrogen (secondary N) is 1. The number of hydrogen-bond acceptors (Lipinski definition) is 4. The smallest absolute Gasteiger partial charge is 0.330 e. The van der Waals surface area contributed by atoms with E-state index in [1.54, 1.807) is 36.1 Å². The first kappa shape index (κ1) is 14.1. The monoisotopic (exact) mass is 334 g/mol. The standard InChI is InChI=1S/C13H11BrN4O2/c1-18-7-9(6-16-18)12(13(19)20)17-11-3-2-8(5-15)4-10(11)14/h2-4,6-7,12,17H,1H3,(H,19,20). The molecule has 0 radical (unpaired) electrons. The van der Waals surface area contributed by atoms with Gasteiger partial charge in [-0.2, -0.15) is 10.4 Å². The van der Waals surface area contributed by atoms with Gasteiger partial charge in [0.25, 0.3) is 0 Å². The number of rotatable bonds is 4. The van der Waals surface area contributed by atoms with Crippen LogP contribution < -0.4 is 5.32 Å². The minimum atomic E-state index is -1.01. The van der Waals surface area contributed by atoms with Crippen LogP contribution in [0.5, 0.6) is 0 Å². The number of nitriles is 1. The summed E-state index contributed by atoms with van der Waals surface area (Å²) in [5, 5.41) is 25.0. The number of halogens is 1. The minimum absolute atomic E-state index is 0.496. The number of hydrogen-bond donors (Lipinski definition) is 2. The van der Waals surface area contributed by atoms with E-state index in [1.165, 1.54) is 6.20 Å². The number of aliphatic carboxylic acids is 1. The molecule has 6 nitrogen and oxygen atoms in total. The predicted molar refractivity (Wildman–Crippen MR) is 76.1 cm³/mol.